The lowest BCUT2D eigenvalue weighted by Gasteiger charge is -2.32. The maximum Gasteiger partial charge on any atom is 0.0451 e. The third kappa shape index (κ3) is 3.87. The smallest absolute Gasteiger partial charge is 0.0451 e. The van der Waals surface area contributed by atoms with Crippen molar-refractivity contribution in [1.29, 1.82) is 0 Å². The summed E-state index contributed by atoms with van der Waals surface area (Å²) in [5.74, 6) is 0. The van der Waals surface area contributed by atoms with Gasteiger partial charge in [0.05, 0.1) is 0 Å². The molecule has 0 aliphatic rings. The molecule has 17 heavy (non-hydrogen) atoms. The van der Waals surface area contributed by atoms with E-state index in [-0.39, 0.29) is 5.54 Å². The van der Waals surface area contributed by atoms with Gasteiger partial charge < -0.3 is 5.32 Å². The van der Waals surface area contributed by atoms with Crippen LogP contribution >= 0.6 is 23.2 Å². The summed E-state index contributed by atoms with van der Waals surface area (Å²) in [5.41, 5.74) is 1.28. The summed E-state index contributed by atoms with van der Waals surface area (Å²) >= 11 is 12.1. The summed E-state index contributed by atoms with van der Waals surface area (Å²) in [6, 6.07) is 5.61. The van der Waals surface area contributed by atoms with Gasteiger partial charge >= 0.3 is 0 Å². The SMILES string of the molecule is CCC(CC)(CC)NCc1cc(Cl)ccc1Cl. The average molecular weight is 274 g/mol. The van der Waals surface area contributed by atoms with Crippen LogP contribution in [0.4, 0.5) is 0 Å². The van der Waals surface area contributed by atoms with Gasteiger partial charge in [0, 0.05) is 22.1 Å². The molecule has 0 unspecified atom stereocenters. The molecule has 1 nitrogen and oxygen atoms in total. The van der Waals surface area contributed by atoms with E-state index >= 15 is 0 Å². The van der Waals surface area contributed by atoms with Gasteiger partial charge in [-0.15, -0.1) is 0 Å². The first-order valence-electron chi connectivity index (χ1n) is 6.26. The van der Waals surface area contributed by atoms with E-state index in [1.54, 1.807) is 0 Å². The minimum Gasteiger partial charge on any atom is -0.307 e. The van der Waals surface area contributed by atoms with E-state index in [1.807, 2.05) is 18.2 Å². The first-order valence-corrected chi connectivity index (χ1v) is 7.01. The van der Waals surface area contributed by atoms with Crippen LogP contribution in [0.15, 0.2) is 18.2 Å². The molecule has 0 radical (unpaired) electrons. The van der Waals surface area contributed by atoms with Crippen LogP contribution in [0.2, 0.25) is 10.0 Å². The third-order valence-electron chi connectivity index (χ3n) is 3.69. The van der Waals surface area contributed by atoms with Crippen molar-refractivity contribution in [2.24, 2.45) is 0 Å². The van der Waals surface area contributed by atoms with Crippen molar-refractivity contribution in [3.05, 3.63) is 33.8 Å². The van der Waals surface area contributed by atoms with E-state index in [2.05, 4.69) is 26.1 Å². The van der Waals surface area contributed by atoms with E-state index in [1.165, 1.54) is 0 Å². The van der Waals surface area contributed by atoms with Gasteiger partial charge in [-0.05, 0) is 43.0 Å². The molecule has 1 aromatic carbocycles. The minimum atomic E-state index is 0.214. The van der Waals surface area contributed by atoms with E-state index in [0.29, 0.717) is 0 Å². The Morgan fingerprint density at radius 2 is 1.65 bits per heavy atom. The predicted molar refractivity (Wildman–Crippen MR) is 76.9 cm³/mol. The number of benzene rings is 1. The molecule has 0 aliphatic heterocycles. The summed E-state index contributed by atoms with van der Waals surface area (Å²) in [5, 5.41) is 5.14. The fourth-order valence-corrected chi connectivity index (χ4v) is 2.47. The fourth-order valence-electron chi connectivity index (χ4n) is 2.09. The minimum absolute atomic E-state index is 0.214. The van der Waals surface area contributed by atoms with Crippen molar-refractivity contribution < 1.29 is 0 Å². The molecule has 0 atom stereocenters. The van der Waals surface area contributed by atoms with Gasteiger partial charge in [0.15, 0.2) is 0 Å². The molecule has 0 fully saturated rings. The van der Waals surface area contributed by atoms with Crippen molar-refractivity contribution in [2.75, 3.05) is 0 Å². The number of rotatable bonds is 6. The standard InChI is InChI=1S/C14H21Cl2N/c1-4-14(5-2,6-3)17-10-11-9-12(15)7-8-13(11)16/h7-9,17H,4-6,10H2,1-3H3. The van der Waals surface area contributed by atoms with E-state index in [9.17, 15) is 0 Å². The highest BCUT2D eigenvalue weighted by Crippen LogP contribution is 2.24. The molecule has 96 valence electrons. The lowest BCUT2D eigenvalue weighted by atomic mass is 9.89. The maximum atomic E-state index is 6.16. The van der Waals surface area contributed by atoms with Crippen molar-refractivity contribution in [3.8, 4) is 0 Å². The Labute approximate surface area is 115 Å². The second-order valence-electron chi connectivity index (χ2n) is 4.43. The molecule has 0 spiro atoms. The van der Waals surface area contributed by atoms with Gasteiger partial charge in [-0.1, -0.05) is 44.0 Å². The lowest BCUT2D eigenvalue weighted by molar-refractivity contribution is 0.288. The number of nitrogens with one attached hydrogen (secondary N) is 1. The average Bonchev–Trinajstić information content (AvgIpc) is 2.35. The predicted octanol–water partition coefficient (Wildman–Crippen LogP) is 5.05. The molecule has 1 rings (SSSR count). The van der Waals surface area contributed by atoms with Crippen LogP contribution < -0.4 is 5.32 Å². The maximum absolute atomic E-state index is 6.16. The van der Waals surface area contributed by atoms with Gasteiger partial charge in [0.2, 0.25) is 0 Å². The summed E-state index contributed by atoms with van der Waals surface area (Å²) in [6.07, 6.45) is 3.37. The molecule has 1 N–H and O–H groups in total. The molecule has 0 aromatic heterocycles. The van der Waals surface area contributed by atoms with E-state index < -0.39 is 0 Å². The lowest BCUT2D eigenvalue weighted by Crippen LogP contribution is -2.43. The van der Waals surface area contributed by atoms with Crippen LogP contribution in [0.25, 0.3) is 0 Å². The van der Waals surface area contributed by atoms with E-state index in [4.69, 9.17) is 23.2 Å². The van der Waals surface area contributed by atoms with Gasteiger partial charge in [-0.3, -0.25) is 0 Å². The summed E-state index contributed by atoms with van der Waals surface area (Å²) in [6.45, 7) is 7.44. The van der Waals surface area contributed by atoms with E-state index in [0.717, 1.165) is 41.4 Å². The Bertz CT molecular complexity index is 351. The molecule has 0 bridgehead atoms. The molecule has 3 heteroatoms. The Balaban J connectivity index is 2.75. The van der Waals surface area contributed by atoms with Gasteiger partial charge in [0.25, 0.3) is 0 Å². The second kappa shape index (κ2) is 6.63. The molecule has 0 saturated carbocycles. The van der Waals surface area contributed by atoms with Crippen LogP contribution in [0, 0.1) is 0 Å². The Morgan fingerprint density at radius 3 is 2.18 bits per heavy atom. The zero-order valence-corrected chi connectivity index (χ0v) is 12.3. The first kappa shape index (κ1) is 14.8. The molecule has 0 saturated heterocycles. The van der Waals surface area contributed by atoms with Crippen molar-refractivity contribution in [3.63, 3.8) is 0 Å². The first-order chi connectivity index (χ1) is 8.06. The van der Waals surface area contributed by atoms with Crippen LogP contribution in [0.5, 0.6) is 0 Å². The number of hydrogen-bond acceptors (Lipinski definition) is 1. The molecule has 0 amide bonds. The summed E-state index contributed by atoms with van der Waals surface area (Å²) in [4.78, 5) is 0. The molecule has 1 aromatic rings. The van der Waals surface area contributed by atoms with Crippen LogP contribution in [-0.4, -0.2) is 5.54 Å². The number of hydrogen-bond donors (Lipinski definition) is 1. The fraction of sp³-hybridized carbons (Fsp3) is 0.571. The number of halogens is 2. The van der Waals surface area contributed by atoms with Crippen molar-refractivity contribution in [1.82, 2.24) is 5.32 Å². The zero-order chi connectivity index (χ0) is 12.9. The summed E-state index contributed by atoms with van der Waals surface area (Å²) < 4.78 is 0. The monoisotopic (exact) mass is 273 g/mol. The Morgan fingerprint density at radius 1 is 1.06 bits per heavy atom. The second-order valence-corrected chi connectivity index (χ2v) is 5.27. The molecule has 0 aliphatic carbocycles. The largest absolute Gasteiger partial charge is 0.307 e. The van der Waals surface area contributed by atoms with Gasteiger partial charge in [-0.2, -0.15) is 0 Å². The van der Waals surface area contributed by atoms with Gasteiger partial charge in [0.1, 0.15) is 0 Å². The third-order valence-corrected chi connectivity index (χ3v) is 4.30. The summed E-state index contributed by atoms with van der Waals surface area (Å²) in [7, 11) is 0. The molecular formula is C14H21Cl2N. The van der Waals surface area contributed by atoms with Crippen LogP contribution in [0.3, 0.4) is 0 Å². The highest BCUT2D eigenvalue weighted by Gasteiger charge is 2.22. The Kier molecular flexibility index (Phi) is 5.78. The normalized spacial score (nSPS) is 11.8. The zero-order valence-electron chi connectivity index (χ0n) is 10.8. The van der Waals surface area contributed by atoms with Crippen LogP contribution in [-0.2, 0) is 6.54 Å². The van der Waals surface area contributed by atoms with Crippen molar-refractivity contribution >= 4 is 23.2 Å². The highest BCUT2D eigenvalue weighted by molar-refractivity contribution is 6.33. The van der Waals surface area contributed by atoms with Crippen LogP contribution in [0.1, 0.15) is 45.6 Å². The Hall–Kier alpha value is -0.240. The quantitative estimate of drug-likeness (QED) is 0.765. The highest BCUT2D eigenvalue weighted by atomic mass is 35.5. The van der Waals surface area contributed by atoms with Gasteiger partial charge in [-0.25, -0.2) is 0 Å². The van der Waals surface area contributed by atoms with Crippen molar-refractivity contribution in [2.45, 2.75) is 52.1 Å². The molecule has 0 heterocycles. The molecular weight excluding hydrogens is 253 g/mol. The topological polar surface area (TPSA) is 12.0 Å².